The van der Waals surface area contributed by atoms with Gasteiger partial charge in [-0.2, -0.15) is 0 Å². The van der Waals surface area contributed by atoms with E-state index in [-0.39, 0.29) is 34.2 Å². The number of nitrogens with one attached hydrogen (secondary N) is 2. The summed E-state index contributed by atoms with van der Waals surface area (Å²) in [5.74, 6) is -0.516. The minimum Gasteiger partial charge on any atom is -0.790 e. The Morgan fingerprint density at radius 2 is 1.22 bits per heavy atom. The van der Waals surface area contributed by atoms with Gasteiger partial charge in [-0.1, -0.05) is 9.97 Å². The van der Waals surface area contributed by atoms with Crippen molar-refractivity contribution < 1.29 is 94.6 Å². The summed E-state index contributed by atoms with van der Waals surface area (Å²) in [6, 6.07) is 0. The minimum absolute atomic E-state index is 0.0139. The van der Waals surface area contributed by atoms with Crippen molar-refractivity contribution in [2.45, 2.75) is 55.2 Å². The molecule has 0 saturated carbocycles. The molecule has 3 unspecified atom stereocenters. The van der Waals surface area contributed by atoms with Crippen LogP contribution in [0.25, 0.3) is 22.3 Å². The standard InChI is InChI=1S/C26H39N10O20P3/c1-33-8-35(19-13(33)21(40)31-25(27)29-19)23-17(39)15(37)11(54-23)6-52-58(45,46)50-4-10(56-57(42,43)44)5-51-59(47,48)53-7-12-16(38)18(49-3)24(55-12)36-9-34(2)14-20(36)30-26(28)32-22(14)41/h8-12,15-18,23-24,37-39H,4-7H2,1-3H3,(H8-2,27,28,29,30,31,32,40,41,42,43,44,45,46,47,48)/p-2/t10?,11-,12-,15-,16-,17-,18-,23-,24-/m1/s1. The number of fused-ring (bicyclic) bond motifs is 2. The van der Waals surface area contributed by atoms with Crippen LogP contribution in [-0.2, 0) is 64.6 Å². The fraction of sp³-hybridized carbons (Fsp3) is 0.615. The Kier molecular flexibility index (Phi) is 13.0. The maximum absolute atomic E-state index is 12.7. The van der Waals surface area contributed by atoms with Crippen molar-refractivity contribution in [2.75, 3.05) is 45.0 Å². The predicted molar refractivity (Wildman–Crippen MR) is 180 cm³/mol. The van der Waals surface area contributed by atoms with Gasteiger partial charge < -0.3 is 87.8 Å². The first-order valence-corrected chi connectivity index (χ1v) is 21.2. The summed E-state index contributed by atoms with van der Waals surface area (Å²) >= 11 is 0. The molecule has 328 valence electrons. The van der Waals surface area contributed by atoms with Gasteiger partial charge in [-0.3, -0.25) is 37.8 Å². The number of aliphatic hydroxyl groups is 3. The molecule has 0 spiro atoms. The number of anilines is 2. The van der Waals surface area contributed by atoms with E-state index in [1.807, 2.05) is 0 Å². The average molecular weight is 903 g/mol. The first-order valence-electron chi connectivity index (χ1n) is 16.8. The number of aromatic nitrogens is 8. The summed E-state index contributed by atoms with van der Waals surface area (Å²) < 4.78 is 81.4. The van der Waals surface area contributed by atoms with Crippen molar-refractivity contribution >= 4 is 57.7 Å². The second kappa shape index (κ2) is 17.0. The second-order valence-electron chi connectivity index (χ2n) is 13.1. The monoisotopic (exact) mass is 902 g/mol. The lowest BCUT2D eigenvalue weighted by molar-refractivity contribution is -0.746. The Bertz CT molecular complexity index is 2460. The number of phosphoric acid groups is 3. The van der Waals surface area contributed by atoms with Crippen molar-refractivity contribution in [2.24, 2.45) is 14.1 Å². The van der Waals surface area contributed by atoms with Gasteiger partial charge in [0.2, 0.25) is 23.5 Å². The predicted octanol–water partition coefficient (Wildman–Crippen LogP) is -7.61. The number of rotatable bonds is 17. The number of phosphoric ester groups is 3. The Hall–Kier alpha value is -3.61. The lowest BCUT2D eigenvalue weighted by Crippen LogP contribution is -2.47. The van der Waals surface area contributed by atoms with E-state index in [9.17, 15) is 58.2 Å². The van der Waals surface area contributed by atoms with Crippen molar-refractivity contribution in [1.82, 2.24) is 29.1 Å². The van der Waals surface area contributed by atoms with Gasteiger partial charge in [0.15, 0.2) is 12.7 Å². The summed E-state index contributed by atoms with van der Waals surface area (Å²) in [6.45, 7) is -4.69. The highest BCUT2D eigenvalue weighted by Gasteiger charge is 2.49. The molecule has 2 aliphatic rings. The van der Waals surface area contributed by atoms with Gasteiger partial charge in [0, 0.05) is 7.11 Å². The van der Waals surface area contributed by atoms with Crippen LogP contribution in [0.15, 0.2) is 22.2 Å². The molecule has 0 aliphatic carbocycles. The zero-order chi connectivity index (χ0) is 43.4. The summed E-state index contributed by atoms with van der Waals surface area (Å²) in [7, 11) is -12.8. The molecule has 33 heteroatoms. The van der Waals surface area contributed by atoms with Gasteiger partial charge >= 0.3 is 11.3 Å². The Labute approximate surface area is 328 Å². The molecule has 0 aromatic carbocycles. The van der Waals surface area contributed by atoms with Crippen LogP contribution in [0.3, 0.4) is 0 Å². The number of ether oxygens (including phenoxy) is 3. The molecule has 0 bridgehead atoms. The number of hydrogen-bond donors (Lipinski definition) is 7. The highest BCUT2D eigenvalue weighted by Crippen LogP contribution is 2.43. The number of methoxy groups -OCH3 is 1. The van der Waals surface area contributed by atoms with Crippen molar-refractivity contribution in [1.29, 1.82) is 0 Å². The van der Waals surface area contributed by atoms with Crippen LogP contribution in [0.2, 0.25) is 0 Å². The number of hydrogen-bond acceptors (Lipinski definition) is 24. The number of aromatic amines is 2. The zero-order valence-corrected chi connectivity index (χ0v) is 33.3. The van der Waals surface area contributed by atoms with E-state index >= 15 is 0 Å². The van der Waals surface area contributed by atoms with Crippen LogP contribution in [-0.4, -0.2) is 121 Å². The van der Waals surface area contributed by atoms with E-state index in [0.717, 1.165) is 4.57 Å². The van der Waals surface area contributed by atoms with E-state index in [2.05, 4.69) is 33.5 Å². The summed E-state index contributed by atoms with van der Waals surface area (Å²) in [4.78, 5) is 85.5. The van der Waals surface area contributed by atoms with E-state index in [4.69, 9.17) is 34.7 Å². The van der Waals surface area contributed by atoms with E-state index < -0.39 is 116 Å². The van der Waals surface area contributed by atoms with Gasteiger partial charge in [-0.25, -0.2) is 9.13 Å². The molecule has 2 saturated heterocycles. The second-order valence-corrected chi connectivity index (χ2v) is 17.0. The highest BCUT2D eigenvalue weighted by molar-refractivity contribution is 7.46. The number of nitrogen functional groups attached to an aromatic ring is 2. The molecule has 0 amide bonds. The largest absolute Gasteiger partial charge is 0.790 e. The quantitative estimate of drug-likeness (QED) is 0.0382. The number of nitrogens with zero attached hydrogens (tertiary/aromatic N) is 6. The van der Waals surface area contributed by atoms with Gasteiger partial charge in [-0.15, -0.1) is 0 Å². The molecule has 4 aromatic rings. The molecule has 11 atom stereocenters. The molecule has 59 heavy (non-hydrogen) atoms. The fourth-order valence-electron chi connectivity index (χ4n) is 6.39. The van der Waals surface area contributed by atoms with Crippen molar-refractivity contribution in [3.8, 4) is 0 Å². The highest BCUT2D eigenvalue weighted by atomic mass is 31.2. The summed E-state index contributed by atoms with van der Waals surface area (Å²) in [5.41, 5.74) is 10.1. The summed E-state index contributed by atoms with van der Waals surface area (Å²) in [5, 5.41) is 32.1. The van der Waals surface area contributed by atoms with E-state index in [1.165, 1.54) is 47.6 Å². The molecular formula is C26H37N10O20P3-2. The van der Waals surface area contributed by atoms with Crippen LogP contribution >= 0.6 is 23.5 Å². The Morgan fingerprint density at radius 3 is 1.68 bits per heavy atom. The lowest BCUT2D eigenvalue weighted by atomic mass is 10.1. The molecule has 2 aliphatic heterocycles. The van der Waals surface area contributed by atoms with Crippen LogP contribution in [0, 0.1) is 0 Å². The molecular weight excluding hydrogens is 865 g/mol. The van der Waals surface area contributed by atoms with Crippen molar-refractivity contribution in [3.63, 3.8) is 0 Å². The number of nitrogens with two attached hydrogens (primary N) is 2. The topological polar surface area (TPSA) is 439 Å². The molecule has 0 radical (unpaired) electrons. The molecule has 6 rings (SSSR count). The zero-order valence-electron chi connectivity index (χ0n) is 30.6. The molecule has 6 heterocycles. The maximum Gasteiger partial charge on any atom is 0.313 e. The van der Waals surface area contributed by atoms with Gasteiger partial charge in [0.1, 0.15) is 42.7 Å². The molecule has 4 aromatic heterocycles. The SMILES string of the molecule is CO[C@@H]1[C@H](O)[C@@H](COP(=O)([O-])OCC(COP(=O)([O-])OC[C@H]2O[C@@H]([n+]3cn(C)c4c(=O)[nH]c(N)nc43)[C@H](O)[C@@H]2O)OP(=O)([O-])[O-])O[C@H]1[n+]1cn(C)c2c(=O)[nH]c(N)nc21. The molecule has 30 nitrogen and oxygen atoms in total. The molecule has 2 fully saturated rings. The normalized spacial score (nSPS) is 27.7. The number of H-pyrrole nitrogens is 2. The van der Waals surface area contributed by atoms with Crippen LogP contribution in [0.5, 0.6) is 0 Å². The minimum atomic E-state index is -5.95. The maximum atomic E-state index is 12.7. The lowest BCUT2D eigenvalue weighted by Gasteiger charge is -2.35. The van der Waals surface area contributed by atoms with Crippen molar-refractivity contribution in [3.05, 3.63) is 33.4 Å². The Morgan fingerprint density at radius 1 is 0.780 bits per heavy atom. The first-order chi connectivity index (χ1) is 27.5. The van der Waals surface area contributed by atoms with Gasteiger partial charge in [0.05, 0.1) is 48.3 Å². The summed E-state index contributed by atoms with van der Waals surface area (Å²) in [6.07, 6.45) is -11.5. The third kappa shape index (κ3) is 9.81. The molecule has 9 N–H and O–H groups in total. The van der Waals surface area contributed by atoms with Crippen LogP contribution in [0.1, 0.15) is 12.5 Å². The first kappa shape index (κ1) is 44.9. The number of aliphatic hydroxyl groups excluding tert-OH is 3. The smallest absolute Gasteiger partial charge is 0.313 e. The third-order valence-corrected chi connectivity index (χ3v) is 11.4. The fourth-order valence-corrected chi connectivity index (χ4v) is 8.38. The Balaban J connectivity index is 1.04. The third-order valence-electron chi connectivity index (χ3n) is 8.96. The number of aryl methyl sites for hydroxylation is 2. The van der Waals surface area contributed by atoms with Gasteiger partial charge in [-0.05, 0) is 0 Å². The van der Waals surface area contributed by atoms with Crippen LogP contribution < -0.4 is 51.3 Å². The van der Waals surface area contributed by atoms with Gasteiger partial charge in [0.25, 0.3) is 38.7 Å². The average Bonchev–Trinajstić information content (AvgIpc) is 3.83. The number of imidazole rings is 2. The van der Waals surface area contributed by atoms with Crippen LogP contribution in [0.4, 0.5) is 11.9 Å². The van der Waals surface area contributed by atoms with E-state index in [0.29, 0.717) is 0 Å². The van der Waals surface area contributed by atoms with E-state index in [1.54, 1.807) is 0 Å².